The molecule has 1 aliphatic heterocycles. The molecular formula is C20H30O8Si. The number of rotatable bonds is 5. The molecule has 29 heavy (non-hydrogen) atoms. The Morgan fingerprint density at radius 1 is 1.14 bits per heavy atom. The van der Waals surface area contributed by atoms with Crippen molar-refractivity contribution in [2.24, 2.45) is 0 Å². The molecule has 0 aliphatic carbocycles. The van der Waals surface area contributed by atoms with Crippen LogP contribution in [0.4, 0.5) is 0 Å². The summed E-state index contributed by atoms with van der Waals surface area (Å²) in [5, 5.41) is 30.6. The van der Waals surface area contributed by atoms with E-state index in [1.165, 1.54) is 19.1 Å². The molecule has 1 saturated heterocycles. The first kappa shape index (κ1) is 23.5. The Morgan fingerprint density at radius 3 is 2.17 bits per heavy atom. The van der Waals surface area contributed by atoms with Crippen LogP contribution in [0.2, 0.25) is 18.1 Å². The predicted molar refractivity (Wildman–Crippen MR) is 107 cm³/mol. The van der Waals surface area contributed by atoms with Crippen LogP contribution in [0.5, 0.6) is 0 Å². The number of aliphatic hydroxyl groups excluding tert-OH is 2. The summed E-state index contributed by atoms with van der Waals surface area (Å²) in [6.45, 7) is 11.1. The van der Waals surface area contributed by atoms with E-state index in [4.69, 9.17) is 13.9 Å². The number of carbonyl (C=O) groups is 2. The molecule has 3 unspecified atom stereocenters. The molecule has 0 bridgehead atoms. The van der Waals surface area contributed by atoms with Crippen LogP contribution in [0.1, 0.15) is 38.1 Å². The highest BCUT2D eigenvalue weighted by Crippen LogP contribution is 2.43. The van der Waals surface area contributed by atoms with Crippen LogP contribution in [0.15, 0.2) is 30.3 Å². The zero-order valence-electron chi connectivity index (χ0n) is 17.6. The largest absolute Gasteiger partial charge is 0.479 e. The monoisotopic (exact) mass is 426 g/mol. The number of carboxylic acid groups (broad SMARTS) is 1. The van der Waals surface area contributed by atoms with Gasteiger partial charge in [-0.1, -0.05) is 39.0 Å². The first-order valence-corrected chi connectivity index (χ1v) is 12.3. The molecule has 1 aliphatic rings. The highest BCUT2D eigenvalue weighted by atomic mass is 28.4. The van der Waals surface area contributed by atoms with Crippen molar-refractivity contribution in [3.8, 4) is 0 Å². The fraction of sp³-hybridized carbons (Fsp3) is 0.600. The van der Waals surface area contributed by atoms with Crippen molar-refractivity contribution >= 4 is 20.3 Å². The summed E-state index contributed by atoms with van der Waals surface area (Å²) in [6, 6.07) is 8.07. The summed E-state index contributed by atoms with van der Waals surface area (Å²) in [5.74, 6) is -2.17. The highest BCUT2D eigenvalue weighted by Gasteiger charge is 2.60. The number of carboxylic acids is 1. The number of aliphatic carboxylic acids is 1. The highest BCUT2D eigenvalue weighted by molar-refractivity contribution is 6.74. The lowest BCUT2D eigenvalue weighted by molar-refractivity contribution is -0.302. The second-order valence-corrected chi connectivity index (χ2v) is 13.7. The van der Waals surface area contributed by atoms with Gasteiger partial charge < -0.3 is 29.2 Å². The van der Waals surface area contributed by atoms with Gasteiger partial charge in [-0.2, -0.15) is 0 Å². The molecular weight excluding hydrogens is 396 g/mol. The molecule has 0 radical (unpaired) electrons. The molecule has 9 heteroatoms. The summed E-state index contributed by atoms with van der Waals surface area (Å²) >= 11 is 0. The van der Waals surface area contributed by atoms with E-state index in [0.717, 1.165) is 0 Å². The Labute approximate surface area is 171 Å². The summed E-state index contributed by atoms with van der Waals surface area (Å²) < 4.78 is 16.8. The molecule has 2 rings (SSSR count). The topological polar surface area (TPSA) is 123 Å². The van der Waals surface area contributed by atoms with Gasteiger partial charge in [0.1, 0.15) is 11.7 Å². The summed E-state index contributed by atoms with van der Waals surface area (Å²) in [7, 11) is -2.58. The van der Waals surface area contributed by atoms with Gasteiger partial charge in [-0.3, -0.25) is 0 Å². The van der Waals surface area contributed by atoms with Crippen LogP contribution in [-0.2, 0) is 18.7 Å². The minimum absolute atomic E-state index is 0.222. The van der Waals surface area contributed by atoms with Crippen molar-refractivity contribution in [1.82, 2.24) is 0 Å². The fourth-order valence-corrected chi connectivity index (χ4v) is 4.63. The van der Waals surface area contributed by atoms with Crippen LogP contribution in [0.25, 0.3) is 0 Å². The lowest BCUT2D eigenvalue weighted by Gasteiger charge is -2.52. The molecule has 3 N–H and O–H groups in total. The standard InChI is InChI=1S/C20H30O8Si/c1-19(2,3)29(5,6)28-20(4)14(21)13(18(25)27-15(20)16(22)23)26-17(24)12-10-8-7-9-11-12/h7-11,13-15,18,21,25H,1-6H3,(H,22,23)/t13-,14?,15?,18+,20?/m0/s1. The summed E-state index contributed by atoms with van der Waals surface area (Å²) in [4.78, 5) is 24.3. The average Bonchev–Trinajstić information content (AvgIpc) is 2.61. The average molecular weight is 427 g/mol. The van der Waals surface area contributed by atoms with Crippen LogP contribution >= 0.6 is 0 Å². The van der Waals surface area contributed by atoms with Crippen LogP contribution in [0, 0.1) is 0 Å². The number of aliphatic hydroxyl groups is 2. The number of benzene rings is 1. The number of ether oxygens (including phenoxy) is 2. The summed E-state index contributed by atoms with van der Waals surface area (Å²) in [5.41, 5.74) is -1.52. The zero-order chi connectivity index (χ0) is 22.2. The molecule has 0 amide bonds. The SMILES string of the molecule is CC1(O[Si](C)(C)C(C)(C)C)C(C(=O)O)O[C@@H](O)[C@@H](OC(=O)c2ccccc2)C1O. The number of hydrogen-bond donors (Lipinski definition) is 3. The maximum atomic E-state index is 12.4. The quantitative estimate of drug-likeness (QED) is 0.484. The van der Waals surface area contributed by atoms with Gasteiger partial charge in [0.25, 0.3) is 0 Å². The van der Waals surface area contributed by atoms with Crippen LogP contribution in [-0.4, -0.2) is 65.8 Å². The van der Waals surface area contributed by atoms with Crippen LogP contribution in [0.3, 0.4) is 0 Å². The molecule has 5 atom stereocenters. The second kappa shape index (κ2) is 8.15. The van der Waals surface area contributed by atoms with Gasteiger partial charge in [0.15, 0.2) is 26.8 Å². The van der Waals surface area contributed by atoms with E-state index >= 15 is 0 Å². The third kappa shape index (κ3) is 4.70. The molecule has 1 fully saturated rings. The van der Waals surface area contributed by atoms with Crippen molar-refractivity contribution < 1.29 is 38.8 Å². The Kier molecular flexibility index (Phi) is 6.61. The maximum absolute atomic E-state index is 12.4. The molecule has 0 aromatic heterocycles. The third-order valence-corrected chi connectivity index (χ3v) is 10.3. The van der Waals surface area contributed by atoms with Gasteiger partial charge in [-0.25, -0.2) is 9.59 Å². The third-order valence-electron chi connectivity index (χ3n) is 5.73. The Balaban J connectivity index is 2.37. The van der Waals surface area contributed by atoms with E-state index in [0.29, 0.717) is 0 Å². The van der Waals surface area contributed by atoms with Crippen LogP contribution < -0.4 is 0 Å². The zero-order valence-corrected chi connectivity index (χ0v) is 18.6. The van der Waals surface area contributed by atoms with Crippen molar-refractivity contribution in [3.05, 3.63) is 35.9 Å². The molecule has 1 aromatic rings. The van der Waals surface area contributed by atoms with E-state index in [-0.39, 0.29) is 10.6 Å². The Morgan fingerprint density at radius 2 is 1.69 bits per heavy atom. The van der Waals surface area contributed by atoms with Gasteiger partial charge in [0.05, 0.1) is 5.56 Å². The number of carbonyl (C=O) groups excluding carboxylic acids is 1. The molecule has 8 nitrogen and oxygen atoms in total. The van der Waals surface area contributed by atoms with E-state index in [1.807, 2.05) is 33.9 Å². The van der Waals surface area contributed by atoms with Crippen molar-refractivity contribution in [1.29, 1.82) is 0 Å². The molecule has 162 valence electrons. The minimum atomic E-state index is -2.58. The predicted octanol–water partition coefficient (Wildman–Crippen LogP) is 2.16. The minimum Gasteiger partial charge on any atom is -0.479 e. The lowest BCUT2D eigenvalue weighted by atomic mass is 9.85. The number of esters is 1. The first-order chi connectivity index (χ1) is 13.2. The van der Waals surface area contributed by atoms with E-state index in [9.17, 15) is 24.9 Å². The fourth-order valence-electron chi connectivity index (χ4n) is 3.00. The molecule has 1 heterocycles. The van der Waals surface area contributed by atoms with E-state index in [1.54, 1.807) is 18.2 Å². The molecule has 1 aromatic carbocycles. The number of hydrogen-bond acceptors (Lipinski definition) is 7. The van der Waals surface area contributed by atoms with Gasteiger partial charge in [-0.05, 0) is 37.2 Å². The van der Waals surface area contributed by atoms with Crippen molar-refractivity contribution in [2.75, 3.05) is 0 Å². The van der Waals surface area contributed by atoms with Gasteiger partial charge in [-0.15, -0.1) is 0 Å². The molecule has 0 saturated carbocycles. The van der Waals surface area contributed by atoms with Gasteiger partial charge in [0, 0.05) is 0 Å². The lowest BCUT2D eigenvalue weighted by Crippen LogP contribution is -2.71. The summed E-state index contributed by atoms with van der Waals surface area (Å²) in [6.07, 6.45) is -6.62. The molecule has 0 spiro atoms. The van der Waals surface area contributed by atoms with Crippen molar-refractivity contribution in [3.63, 3.8) is 0 Å². The first-order valence-electron chi connectivity index (χ1n) is 9.41. The maximum Gasteiger partial charge on any atom is 0.338 e. The Hall–Kier alpha value is -1.78. The second-order valence-electron chi connectivity index (χ2n) is 8.97. The van der Waals surface area contributed by atoms with Gasteiger partial charge in [0.2, 0.25) is 0 Å². The van der Waals surface area contributed by atoms with Gasteiger partial charge >= 0.3 is 11.9 Å². The van der Waals surface area contributed by atoms with Crippen molar-refractivity contribution in [2.45, 2.75) is 76.0 Å². The van der Waals surface area contributed by atoms with E-state index < -0.39 is 50.5 Å². The smallest absolute Gasteiger partial charge is 0.338 e. The Bertz CT molecular complexity index is 745. The van der Waals surface area contributed by atoms with E-state index in [2.05, 4.69) is 0 Å². The normalized spacial score (nSPS) is 30.6.